The van der Waals surface area contributed by atoms with Crippen molar-refractivity contribution in [1.82, 2.24) is 9.88 Å². The van der Waals surface area contributed by atoms with Gasteiger partial charge in [-0.2, -0.15) is 0 Å². The van der Waals surface area contributed by atoms with Crippen molar-refractivity contribution in [2.45, 2.75) is 38.0 Å². The minimum absolute atomic E-state index is 0. The zero-order chi connectivity index (χ0) is 20.9. The Morgan fingerprint density at radius 2 is 1.81 bits per heavy atom. The molecule has 0 spiro atoms. The summed E-state index contributed by atoms with van der Waals surface area (Å²) in [4.78, 5) is 20.5. The third kappa shape index (κ3) is 3.64. The predicted molar refractivity (Wildman–Crippen MR) is 126 cm³/mol. The van der Waals surface area contributed by atoms with E-state index in [4.69, 9.17) is 0 Å². The van der Waals surface area contributed by atoms with Gasteiger partial charge in [0.05, 0.1) is 10.9 Å². The number of carbonyl (C=O) groups excluding carboxylic acids is 1. The zero-order valence-corrected chi connectivity index (χ0v) is 18.8. The first-order valence-electron chi connectivity index (χ1n) is 10.9. The zero-order valence-electron chi connectivity index (χ0n) is 18.0. The lowest BCUT2D eigenvalue weighted by atomic mass is 9.86. The molecule has 0 atom stereocenters. The van der Waals surface area contributed by atoms with Crippen LogP contribution in [0.25, 0.3) is 10.9 Å². The van der Waals surface area contributed by atoms with Crippen molar-refractivity contribution in [3.63, 3.8) is 0 Å². The number of nitrogens with one attached hydrogen (secondary N) is 1. The van der Waals surface area contributed by atoms with Crippen molar-refractivity contribution in [2.24, 2.45) is 0 Å². The number of aromatic nitrogens is 1. The number of carbonyl (C=O) groups is 1. The molecule has 4 nitrogen and oxygen atoms in total. The molecule has 1 saturated heterocycles. The molecule has 0 saturated carbocycles. The van der Waals surface area contributed by atoms with Gasteiger partial charge in [-0.15, -0.1) is 12.4 Å². The number of nitrogens with zero attached hydrogens (tertiary/aromatic N) is 2. The Balaban J connectivity index is 0.00000231. The second-order valence-corrected chi connectivity index (χ2v) is 9.12. The van der Waals surface area contributed by atoms with Gasteiger partial charge in [0.1, 0.15) is 5.82 Å². The SMILES string of the molecule is CC1(C)C(=O)N(CCN2CCC(c3c[nH]c4c(F)cccc34)CC2)c2ccccc21.Cl. The number of likely N-dealkylation sites (tertiary alicyclic amines) is 1. The van der Waals surface area contributed by atoms with Gasteiger partial charge in [0.25, 0.3) is 0 Å². The molecular weight excluding hydrogens is 413 g/mol. The van der Waals surface area contributed by atoms with Gasteiger partial charge in [0, 0.05) is 30.4 Å². The van der Waals surface area contributed by atoms with E-state index in [1.165, 1.54) is 11.6 Å². The molecule has 3 heterocycles. The highest BCUT2D eigenvalue weighted by Gasteiger charge is 2.43. The first-order valence-corrected chi connectivity index (χ1v) is 10.9. The van der Waals surface area contributed by atoms with Crippen LogP contribution in [0, 0.1) is 5.82 Å². The quantitative estimate of drug-likeness (QED) is 0.602. The van der Waals surface area contributed by atoms with E-state index >= 15 is 0 Å². The highest BCUT2D eigenvalue weighted by atomic mass is 35.5. The van der Waals surface area contributed by atoms with Crippen molar-refractivity contribution in [2.75, 3.05) is 31.1 Å². The maximum absolute atomic E-state index is 14.0. The molecule has 0 aliphatic carbocycles. The average molecular weight is 442 g/mol. The minimum atomic E-state index is -0.450. The van der Waals surface area contributed by atoms with Gasteiger partial charge in [-0.3, -0.25) is 4.79 Å². The molecule has 1 N–H and O–H groups in total. The molecule has 3 aromatic rings. The summed E-state index contributed by atoms with van der Waals surface area (Å²) in [6.07, 6.45) is 4.09. The number of piperidine rings is 1. The molecule has 1 amide bonds. The average Bonchev–Trinajstić information content (AvgIpc) is 3.27. The van der Waals surface area contributed by atoms with Crippen molar-refractivity contribution < 1.29 is 9.18 Å². The molecule has 2 aromatic carbocycles. The Labute approximate surface area is 188 Å². The number of hydrogen-bond donors (Lipinski definition) is 1. The molecule has 0 unspecified atom stereocenters. The maximum atomic E-state index is 14.0. The van der Waals surface area contributed by atoms with Gasteiger partial charge in [-0.25, -0.2) is 4.39 Å². The van der Waals surface area contributed by atoms with Gasteiger partial charge >= 0.3 is 0 Å². The Hall–Kier alpha value is -2.37. The van der Waals surface area contributed by atoms with Crippen molar-refractivity contribution in [1.29, 1.82) is 0 Å². The topological polar surface area (TPSA) is 39.3 Å². The summed E-state index contributed by atoms with van der Waals surface area (Å²) in [6.45, 7) is 7.64. The molecule has 2 aliphatic heterocycles. The summed E-state index contributed by atoms with van der Waals surface area (Å²) >= 11 is 0. The summed E-state index contributed by atoms with van der Waals surface area (Å²) in [5, 5.41) is 1.01. The normalized spacial score (nSPS) is 18.9. The standard InChI is InChI=1S/C25H28FN3O.ClH/c1-25(2)20-7-3-4-9-22(20)29(24(25)30)15-14-28-12-10-17(11-13-28)19-16-27-23-18(19)6-5-8-21(23)26;/h3-9,16-17,27H,10-15H2,1-2H3;1H. The van der Waals surface area contributed by atoms with Crippen LogP contribution in [0.15, 0.2) is 48.7 Å². The first kappa shape index (κ1) is 21.8. The summed E-state index contributed by atoms with van der Waals surface area (Å²) in [5.41, 5.74) is 3.58. The van der Waals surface area contributed by atoms with Gasteiger partial charge in [0.15, 0.2) is 0 Å². The second kappa shape index (κ2) is 8.29. The van der Waals surface area contributed by atoms with Gasteiger partial charge in [-0.1, -0.05) is 30.3 Å². The number of fused-ring (bicyclic) bond motifs is 2. The van der Waals surface area contributed by atoms with E-state index in [1.807, 2.05) is 43.1 Å². The number of para-hydroxylation sites is 2. The molecular formula is C25H29ClFN3O. The number of halogens is 2. The number of amides is 1. The van der Waals surface area contributed by atoms with Crippen LogP contribution in [0.1, 0.15) is 43.7 Å². The van der Waals surface area contributed by atoms with Crippen LogP contribution >= 0.6 is 12.4 Å². The molecule has 5 rings (SSSR count). The van der Waals surface area contributed by atoms with Gasteiger partial charge in [-0.05, 0) is 69.0 Å². The monoisotopic (exact) mass is 441 g/mol. The molecule has 2 aliphatic rings. The van der Waals surface area contributed by atoms with Crippen LogP contribution in [-0.2, 0) is 10.2 Å². The van der Waals surface area contributed by atoms with Crippen molar-refractivity contribution in [3.05, 3.63) is 65.6 Å². The molecule has 0 radical (unpaired) electrons. The van der Waals surface area contributed by atoms with Gasteiger partial charge in [0.2, 0.25) is 5.91 Å². The highest BCUT2D eigenvalue weighted by molar-refractivity contribution is 6.07. The lowest BCUT2D eigenvalue weighted by Crippen LogP contribution is -2.43. The maximum Gasteiger partial charge on any atom is 0.237 e. The van der Waals surface area contributed by atoms with E-state index < -0.39 is 5.41 Å². The lowest BCUT2D eigenvalue weighted by molar-refractivity contribution is -0.122. The summed E-state index contributed by atoms with van der Waals surface area (Å²) in [7, 11) is 0. The Morgan fingerprint density at radius 3 is 2.58 bits per heavy atom. The van der Waals surface area contributed by atoms with Crippen LogP contribution in [-0.4, -0.2) is 42.0 Å². The fraction of sp³-hybridized carbons (Fsp3) is 0.400. The number of aromatic amines is 1. The van der Waals surface area contributed by atoms with Crippen LogP contribution < -0.4 is 4.90 Å². The predicted octanol–water partition coefficient (Wildman–Crippen LogP) is 5.23. The number of rotatable bonds is 4. The summed E-state index contributed by atoms with van der Waals surface area (Å²) < 4.78 is 14.0. The van der Waals surface area contributed by atoms with Gasteiger partial charge < -0.3 is 14.8 Å². The largest absolute Gasteiger partial charge is 0.359 e. The Kier molecular flexibility index (Phi) is 5.84. The van der Waals surface area contributed by atoms with Crippen LogP contribution in [0.2, 0.25) is 0 Å². The number of H-pyrrole nitrogens is 1. The van der Waals surface area contributed by atoms with E-state index in [0.717, 1.165) is 55.7 Å². The number of benzene rings is 2. The van der Waals surface area contributed by atoms with Crippen LogP contribution in [0.3, 0.4) is 0 Å². The Morgan fingerprint density at radius 1 is 1.06 bits per heavy atom. The molecule has 0 bridgehead atoms. The minimum Gasteiger partial charge on any atom is -0.359 e. The third-order valence-corrected chi connectivity index (χ3v) is 7.01. The molecule has 1 fully saturated rings. The van der Waals surface area contributed by atoms with Crippen LogP contribution in [0.5, 0.6) is 0 Å². The van der Waals surface area contributed by atoms with E-state index in [-0.39, 0.29) is 24.1 Å². The van der Waals surface area contributed by atoms with E-state index in [1.54, 1.807) is 6.07 Å². The first-order chi connectivity index (χ1) is 14.5. The fourth-order valence-electron chi connectivity index (χ4n) is 5.21. The molecule has 1 aromatic heterocycles. The smallest absolute Gasteiger partial charge is 0.237 e. The van der Waals surface area contributed by atoms with E-state index in [2.05, 4.69) is 22.0 Å². The third-order valence-electron chi connectivity index (χ3n) is 7.01. The van der Waals surface area contributed by atoms with Crippen molar-refractivity contribution >= 4 is 34.9 Å². The lowest BCUT2D eigenvalue weighted by Gasteiger charge is -2.33. The second-order valence-electron chi connectivity index (χ2n) is 9.12. The summed E-state index contributed by atoms with van der Waals surface area (Å²) in [5.74, 6) is 0.457. The van der Waals surface area contributed by atoms with Crippen molar-refractivity contribution in [3.8, 4) is 0 Å². The molecule has 164 valence electrons. The van der Waals surface area contributed by atoms with E-state index in [9.17, 15) is 9.18 Å². The van der Waals surface area contributed by atoms with Crippen LogP contribution in [0.4, 0.5) is 10.1 Å². The highest BCUT2D eigenvalue weighted by Crippen LogP contribution is 2.41. The number of anilines is 1. The fourth-order valence-corrected chi connectivity index (χ4v) is 5.21. The van der Waals surface area contributed by atoms with E-state index in [0.29, 0.717) is 11.4 Å². The number of hydrogen-bond acceptors (Lipinski definition) is 2. The summed E-state index contributed by atoms with van der Waals surface area (Å²) in [6, 6.07) is 13.5. The molecule has 6 heteroatoms. The Bertz CT molecular complexity index is 1100. The molecule has 31 heavy (non-hydrogen) atoms.